The average Bonchev–Trinajstić information content (AvgIpc) is 2.42. The smallest absolute Gasteiger partial charge is 0.223 e. The molecule has 0 bridgehead atoms. The molecule has 0 spiro atoms. The number of alkyl halides is 3. The van der Waals surface area contributed by atoms with Crippen LogP contribution in [-0.2, 0) is 21.8 Å². The van der Waals surface area contributed by atoms with Crippen LogP contribution in [0, 0.1) is 12.7 Å². The van der Waals surface area contributed by atoms with E-state index in [1.165, 1.54) is 12.1 Å². The molecule has 0 amide bonds. The molecular weight excluding hydrogens is 320 g/mol. The van der Waals surface area contributed by atoms with Crippen molar-refractivity contribution < 1.29 is 26.0 Å². The summed E-state index contributed by atoms with van der Waals surface area (Å²) in [4.78, 5) is -0.232. The first-order chi connectivity index (χ1) is 10.1. The van der Waals surface area contributed by atoms with Crippen LogP contribution in [-0.4, -0.2) is 8.42 Å². The third-order valence-corrected chi connectivity index (χ3v) is 4.88. The first kappa shape index (κ1) is 16.5. The fourth-order valence-corrected chi connectivity index (χ4v) is 3.37. The molecule has 0 aliphatic rings. The second-order valence-corrected chi connectivity index (χ2v) is 6.84. The van der Waals surface area contributed by atoms with E-state index < -0.39 is 33.1 Å². The van der Waals surface area contributed by atoms with E-state index >= 15 is 0 Å². The zero-order valence-electron chi connectivity index (χ0n) is 11.5. The fourth-order valence-electron chi connectivity index (χ4n) is 1.93. The summed E-state index contributed by atoms with van der Waals surface area (Å²) in [7, 11) is -3.85. The average molecular weight is 332 g/mol. The van der Waals surface area contributed by atoms with Crippen LogP contribution in [0.1, 0.15) is 16.7 Å². The standard InChI is InChI=1S/C15H12F4O2S/c1-10-2-5-13(16)8-11(10)9-22(20,21)14-6-3-12(4-7-14)15(17,18)19/h2-8H,9H2,1H3. The number of hydrogen-bond acceptors (Lipinski definition) is 2. The van der Waals surface area contributed by atoms with Gasteiger partial charge in [0, 0.05) is 0 Å². The van der Waals surface area contributed by atoms with Crippen LogP contribution in [0.3, 0.4) is 0 Å². The number of sulfone groups is 1. The molecule has 2 aromatic carbocycles. The van der Waals surface area contributed by atoms with Gasteiger partial charge in [0.2, 0.25) is 0 Å². The summed E-state index contributed by atoms with van der Waals surface area (Å²) >= 11 is 0. The van der Waals surface area contributed by atoms with Gasteiger partial charge in [0.05, 0.1) is 16.2 Å². The summed E-state index contributed by atoms with van der Waals surface area (Å²) in [6.07, 6.45) is -4.53. The Morgan fingerprint density at radius 3 is 2.14 bits per heavy atom. The van der Waals surface area contributed by atoms with Crippen LogP contribution in [0.2, 0.25) is 0 Å². The second-order valence-electron chi connectivity index (χ2n) is 4.85. The van der Waals surface area contributed by atoms with E-state index in [4.69, 9.17) is 0 Å². The van der Waals surface area contributed by atoms with Crippen LogP contribution >= 0.6 is 0 Å². The molecule has 2 rings (SSSR count). The molecule has 2 nitrogen and oxygen atoms in total. The van der Waals surface area contributed by atoms with Crippen molar-refractivity contribution in [3.63, 3.8) is 0 Å². The minimum atomic E-state index is -4.53. The normalized spacial score (nSPS) is 12.4. The summed E-state index contributed by atoms with van der Waals surface area (Å²) in [5.41, 5.74) is -0.0508. The predicted octanol–water partition coefficient (Wildman–Crippen LogP) is 4.13. The van der Waals surface area contributed by atoms with Gasteiger partial charge in [0.15, 0.2) is 9.84 Å². The van der Waals surface area contributed by atoms with Crippen molar-refractivity contribution in [1.82, 2.24) is 0 Å². The van der Waals surface area contributed by atoms with Gasteiger partial charge in [0.1, 0.15) is 5.82 Å². The van der Waals surface area contributed by atoms with Gasteiger partial charge in [-0.2, -0.15) is 13.2 Å². The highest BCUT2D eigenvalue weighted by molar-refractivity contribution is 7.90. The Labute approximate surface area is 125 Å². The molecule has 0 N–H and O–H groups in total. The van der Waals surface area contributed by atoms with Crippen molar-refractivity contribution in [2.45, 2.75) is 23.7 Å². The van der Waals surface area contributed by atoms with Crippen LogP contribution in [0.4, 0.5) is 17.6 Å². The lowest BCUT2D eigenvalue weighted by molar-refractivity contribution is -0.137. The van der Waals surface area contributed by atoms with E-state index in [2.05, 4.69) is 0 Å². The highest BCUT2D eigenvalue weighted by Crippen LogP contribution is 2.30. The van der Waals surface area contributed by atoms with Crippen molar-refractivity contribution >= 4 is 9.84 Å². The highest BCUT2D eigenvalue weighted by atomic mass is 32.2. The van der Waals surface area contributed by atoms with Gasteiger partial charge < -0.3 is 0 Å². The van der Waals surface area contributed by atoms with Gasteiger partial charge in [-0.1, -0.05) is 6.07 Å². The van der Waals surface area contributed by atoms with Gasteiger partial charge in [0.25, 0.3) is 0 Å². The SMILES string of the molecule is Cc1ccc(F)cc1CS(=O)(=O)c1ccc(C(F)(F)F)cc1. The molecule has 0 aromatic heterocycles. The molecule has 0 saturated heterocycles. The Kier molecular flexibility index (Phi) is 4.28. The van der Waals surface area contributed by atoms with Crippen molar-refractivity contribution in [2.24, 2.45) is 0 Å². The van der Waals surface area contributed by atoms with Crippen LogP contribution < -0.4 is 0 Å². The number of benzene rings is 2. The first-order valence-electron chi connectivity index (χ1n) is 6.25. The summed E-state index contributed by atoms with van der Waals surface area (Å²) in [5.74, 6) is -1.04. The molecule has 0 unspecified atom stereocenters. The first-order valence-corrected chi connectivity index (χ1v) is 7.90. The number of hydrogen-bond donors (Lipinski definition) is 0. The minimum absolute atomic E-state index is 0.232. The minimum Gasteiger partial charge on any atom is -0.223 e. The molecule has 0 heterocycles. The Morgan fingerprint density at radius 1 is 1.00 bits per heavy atom. The molecule has 0 aliphatic heterocycles. The Balaban J connectivity index is 2.33. The Morgan fingerprint density at radius 2 is 1.59 bits per heavy atom. The van der Waals surface area contributed by atoms with Gasteiger partial charge in [-0.25, -0.2) is 12.8 Å². The van der Waals surface area contributed by atoms with Crippen molar-refractivity contribution in [3.05, 3.63) is 65.0 Å². The van der Waals surface area contributed by atoms with Crippen LogP contribution in [0.15, 0.2) is 47.4 Å². The lowest BCUT2D eigenvalue weighted by atomic mass is 10.1. The van der Waals surface area contributed by atoms with Gasteiger partial charge in [-0.3, -0.25) is 0 Å². The fraction of sp³-hybridized carbons (Fsp3) is 0.200. The Hall–Kier alpha value is -1.89. The topological polar surface area (TPSA) is 34.1 Å². The summed E-state index contributed by atoms with van der Waals surface area (Å²) < 4.78 is 75.0. The second kappa shape index (κ2) is 5.72. The molecule has 0 saturated carbocycles. The molecule has 2 aromatic rings. The van der Waals surface area contributed by atoms with Crippen molar-refractivity contribution in [3.8, 4) is 0 Å². The maximum atomic E-state index is 13.2. The van der Waals surface area contributed by atoms with Gasteiger partial charge >= 0.3 is 6.18 Å². The number of aryl methyl sites for hydroxylation is 1. The predicted molar refractivity (Wildman–Crippen MR) is 73.5 cm³/mol. The summed E-state index contributed by atoms with van der Waals surface area (Å²) in [5, 5.41) is 0. The molecule has 118 valence electrons. The maximum Gasteiger partial charge on any atom is 0.416 e. The number of rotatable bonds is 3. The third kappa shape index (κ3) is 3.65. The quantitative estimate of drug-likeness (QED) is 0.792. The van der Waals surface area contributed by atoms with Gasteiger partial charge in [-0.05, 0) is 54.4 Å². The van der Waals surface area contributed by atoms with Crippen LogP contribution in [0.5, 0.6) is 0 Å². The van der Waals surface area contributed by atoms with E-state index in [0.717, 1.165) is 18.2 Å². The lowest BCUT2D eigenvalue weighted by Crippen LogP contribution is -2.08. The summed E-state index contributed by atoms with van der Waals surface area (Å²) in [6.45, 7) is 1.64. The largest absolute Gasteiger partial charge is 0.416 e. The number of halogens is 4. The monoisotopic (exact) mass is 332 g/mol. The van der Waals surface area contributed by atoms with E-state index in [9.17, 15) is 26.0 Å². The zero-order valence-corrected chi connectivity index (χ0v) is 12.3. The molecule has 0 aliphatic carbocycles. The van der Waals surface area contributed by atoms with E-state index in [1.807, 2.05) is 0 Å². The molecular formula is C15H12F4O2S. The van der Waals surface area contributed by atoms with E-state index in [0.29, 0.717) is 17.7 Å². The third-order valence-electron chi connectivity index (χ3n) is 3.20. The van der Waals surface area contributed by atoms with Crippen molar-refractivity contribution in [2.75, 3.05) is 0 Å². The summed E-state index contributed by atoms with van der Waals surface area (Å²) in [6, 6.07) is 7.02. The van der Waals surface area contributed by atoms with Gasteiger partial charge in [-0.15, -0.1) is 0 Å². The molecule has 0 radical (unpaired) electrons. The molecule has 0 fully saturated rings. The van der Waals surface area contributed by atoms with Crippen LogP contribution in [0.25, 0.3) is 0 Å². The maximum absolute atomic E-state index is 13.2. The lowest BCUT2D eigenvalue weighted by Gasteiger charge is -2.10. The molecule has 7 heteroatoms. The van der Waals surface area contributed by atoms with E-state index in [-0.39, 0.29) is 10.5 Å². The molecule has 0 atom stereocenters. The zero-order chi connectivity index (χ0) is 16.5. The van der Waals surface area contributed by atoms with E-state index in [1.54, 1.807) is 6.92 Å². The molecule has 22 heavy (non-hydrogen) atoms. The van der Waals surface area contributed by atoms with Crippen molar-refractivity contribution in [1.29, 1.82) is 0 Å². The Bertz CT molecular complexity index is 778. The highest BCUT2D eigenvalue weighted by Gasteiger charge is 2.30.